The first-order valence-electron chi connectivity index (χ1n) is 10.2. The molecule has 30 heavy (non-hydrogen) atoms. The van der Waals surface area contributed by atoms with Gasteiger partial charge < -0.3 is 15.5 Å². The average molecular weight is 410 g/mol. The van der Waals surface area contributed by atoms with Gasteiger partial charge in [-0.25, -0.2) is 0 Å². The summed E-state index contributed by atoms with van der Waals surface area (Å²) in [6, 6.07) is 12.1. The third-order valence-electron chi connectivity index (χ3n) is 5.15. The number of para-hydroxylation sites is 1. The van der Waals surface area contributed by atoms with Gasteiger partial charge in [0.15, 0.2) is 0 Å². The fourth-order valence-corrected chi connectivity index (χ4v) is 3.50. The quantitative estimate of drug-likeness (QED) is 0.394. The van der Waals surface area contributed by atoms with Crippen molar-refractivity contribution in [1.29, 1.82) is 0 Å². The van der Waals surface area contributed by atoms with E-state index in [0.29, 0.717) is 17.8 Å². The van der Waals surface area contributed by atoms with Crippen LogP contribution in [0.2, 0.25) is 0 Å². The van der Waals surface area contributed by atoms with E-state index in [1.165, 1.54) is 43.5 Å². The Bertz CT molecular complexity index is 892. The topological polar surface area (TPSA) is 105 Å². The summed E-state index contributed by atoms with van der Waals surface area (Å²) in [5, 5.41) is 16.4. The monoisotopic (exact) mass is 410 g/mol. The SMILES string of the molecule is O=C(Nc1ccccc1C(=O)NCCCN1CCCCC1)c1ccc([N+](=O)[O-])cc1. The molecule has 2 amide bonds. The number of benzene rings is 2. The molecule has 1 saturated heterocycles. The molecule has 2 aromatic rings. The Morgan fingerprint density at radius 1 is 0.967 bits per heavy atom. The molecule has 0 spiro atoms. The Morgan fingerprint density at radius 2 is 1.67 bits per heavy atom. The van der Waals surface area contributed by atoms with E-state index >= 15 is 0 Å². The second kappa shape index (κ2) is 10.5. The van der Waals surface area contributed by atoms with Gasteiger partial charge in [0.05, 0.1) is 16.2 Å². The maximum atomic E-state index is 12.6. The van der Waals surface area contributed by atoms with Crippen LogP contribution in [-0.4, -0.2) is 47.8 Å². The summed E-state index contributed by atoms with van der Waals surface area (Å²) in [4.78, 5) is 37.7. The van der Waals surface area contributed by atoms with Crippen LogP contribution in [-0.2, 0) is 0 Å². The van der Waals surface area contributed by atoms with Crippen LogP contribution < -0.4 is 10.6 Å². The zero-order valence-electron chi connectivity index (χ0n) is 16.8. The number of rotatable bonds is 8. The summed E-state index contributed by atoms with van der Waals surface area (Å²) in [5.74, 6) is -0.677. The van der Waals surface area contributed by atoms with Crippen molar-refractivity contribution in [2.45, 2.75) is 25.7 Å². The van der Waals surface area contributed by atoms with Crippen molar-refractivity contribution in [2.75, 3.05) is 31.5 Å². The van der Waals surface area contributed by atoms with Crippen molar-refractivity contribution >= 4 is 23.2 Å². The molecule has 0 atom stereocenters. The minimum Gasteiger partial charge on any atom is -0.352 e. The van der Waals surface area contributed by atoms with Crippen LogP contribution in [0.1, 0.15) is 46.4 Å². The maximum Gasteiger partial charge on any atom is 0.269 e. The van der Waals surface area contributed by atoms with Crippen LogP contribution in [0.3, 0.4) is 0 Å². The number of amides is 2. The molecule has 3 rings (SSSR count). The fraction of sp³-hybridized carbons (Fsp3) is 0.364. The lowest BCUT2D eigenvalue weighted by Crippen LogP contribution is -2.33. The molecule has 0 radical (unpaired) electrons. The fourth-order valence-electron chi connectivity index (χ4n) is 3.50. The van der Waals surface area contributed by atoms with Crippen LogP contribution in [0.25, 0.3) is 0 Å². The maximum absolute atomic E-state index is 12.6. The number of nitro groups is 1. The first kappa shape index (κ1) is 21.4. The molecule has 1 heterocycles. The molecular weight excluding hydrogens is 384 g/mol. The summed E-state index contributed by atoms with van der Waals surface area (Å²) in [7, 11) is 0. The number of nitrogens with one attached hydrogen (secondary N) is 2. The number of anilines is 1. The van der Waals surface area contributed by atoms with Gasteiger partial charge in [0.2, 0.25) is 0 Å². The Hall–Kier alpha value is -3.26. The van der Waals surface area contributed by atoms with Gasteiger partial charge in [0, 0.05) is 24.2 Å². The Balaban J connectivity index is 1.55. The molecule has 0 aliphatic carbocycles. The Labute approximate surface area is 175 Å². The van der Waals surface area contributed by atoms with E-state index in [2.05, 4.69) is 15.5 Å². The molecule has 0 bridgehead atoms. The van der Waals surface area contributed by atoms with Crippen LogP contribution in [0.5, 0.6) is 0 Å². The van der Waals surface area contributed by atoms with E-state index < -0.39 is 10.8 Å². The first-order valence-corrected chi connectivity index (χ1v) is 10.2. The second-order valence-electron chi connectivity index (χ2n) is 7.32. The van der Waals surface area contributed by atoms with Gasteiger partial charge in [-0.2, -0.15) is 0 Å². The van der Waals surface area contributed by atoms with Crippen molar-refractivity contribution in [3.63, 3.8) is 0 Å². The summed E-state index contributed by atoms with van der Waals surface area (Å²) < 4.78 is 0. The summed E-state index contributed by atoms with van der Waals surface area (Å²) >= 11 is 0. The molecule has 2 N–H and O–H groups in total. The molecule has 0 aromatic heterocycles. The smallest absolute Gasteiger partial charge is 0.269 e. The van der Waals surface area contributed by atoms with E-state index in [9.17, 15) is 19.7 Å². The molecule has 0 unspecified atom stereocenters. The lowest BCUT2D eigenvalue weighted by atomic mass is 10.1. The number of hydrogen-bond donors (Lipinski definition) is 2. The van der Waals surface area contributed by atoms with Crippen LogP contribution in [0, 0.1) is 10.1 Å². The van der Waals surface area contributed by atoms with Crippen molar-refractivity contribution in [3.8, 4) is 0 Å². The normalized spacial score (nSPS) is 14.1. The van der Waals surface area contributed by atoms with Crippen molar-refractivity contribution in [2.24, 2.45) is 0 Å². The van der Waals surface area contributed by atoms with Crippen LogP contribution in [0.4, 0.5) is 11.4 Å². The largest absolute Gasteiger partial charge is 0.352 e. The van der Waals surface area contributed by atoms with Crippen LogP contribution in [0.15, 0.2) is 48.5 Å². The van der Waals surface area contributed by atoms with Gasteiger partial charge in [-0.1, -0.05) is 18.6 Å². The molecule has 8 heteroatoms. The molecule has 8 nitrogen and oxygen atoms in total. The third-order valence-corrected chi connectivity index (χ3v) is 5.15. The van der Waals surface area contributed by atoms with E-state index in [0.717, 1.165) is 26.1 Å². The van der Waals surface area contributed by atoms with Gasteiger partial charge in [-0.15, -0.1) is 0 Å². The van der Waals surface area contributed by atoms with Gasteiger partial charge in [-0.3, -0.25) is 19.7 Å². The lowest BCUT2D eigenvalue weighted by molar-refractivity contribution is -0.384. The molecular formula is C22H26N4O4. The average Bonchev–Trinajstić information content (AvgIpc) is 2.77. The molecule has 0 saturated carbocycles. The zero-order chi connectivity index (χ0) is 21.3. The molecule has 158 valence electrons. The first-order chi connectivity index (χ1) is 14.5. The predicted octanol–water partition coefficient (Wildman–Crippen LogP) is 3.45. The van der Waals surface area contributed by atoms with Crippen LogP contribution >= 0.6 is 0 Å². The predicted molar refractivity (Wildman–Crippen MR) is 115 cm³/mol. The van der Waals surface area contributed by atoms with Gasteiger partial charge in [0.25, 0.3) is 17.5 Å². The van der Waals surface area contributed by atoms with Crippen molar-refractivity contribution < 1.29 is 14.5 Å². The Morgan fingerprint density at radius 3 is 2.37 bits per heavy atom. The highest BCUT2D eigenvalue weighted by atomic mass is 16.6. The minimum atomic E-state index is -0.521. The number of carbonyl (C=O) groups excluding carboxylic acids is 2. The summed E-state index contributed by atoms with van der Waals surface area (Å²) in [6.45, 7) is 3.80. The highest BCUT2D eigenvalue weighted by molar-refractivity contribution is 6.09. The number of carbonyl (C=O) groups is 2. The highest BCUT2D eigenvalue weighted by Crippen LogP contribution is 2.18. The standard InChI is InChI=1S/C22H26N4O4/c27-21(17-9-11-18(12-10-17)26(29)30)24-20-8-3-2-7-19(20)22(28)23-13-6-16-25-14-4-1-5-15-25/h2-3,7-12H,1,4-6,13-16H2,(H,23,28)(H,24,27). The van der Waals surface area contributed by atoms with Crippen molar-refractivity contribution in [1.82, 2.24) is 10.2 Å². The zero-order valence-corrected chi connectivity index (χ0v) is 16.8. The molecule has 1 aliphatic rings. The van der Waals surface area contributed by atoms with Gasteiger partial charge >= 0.3 is 0 Å². The van der Waals surface area contributed by atoms with Gasteiger partial charge in [0.1, 0.15) is 0 Å². The summed E-state index contributed by atoms with van der Waals surface area (Å²) in [5.41, 5.74) is 0.966. The van der Waals surface area contributed by atoms with E-state index in [1.807, 2.05) is 0 Å². The minimum absolute atomic E-state index is 0.0871. The Kier molecular flexibility index (Phi) is 7.51. The van der Waals surface area contributed by atoms with E-state index in [1.54, 1.807) is 24.3 Å². The molecule has 1 aliphatic heterocycles. The highest BCUT2D eigenvalue weighted by Gasteiger charge is 2.15. The molecule has 1 fully saturated rings. The number of piperidine rings is 1. The third kappa shape index (κ3) is 5.87. The number of nitro benzene ring substituents is 1. The second-order valence-corrected chi connectivity index (χ2v) is 7.32. The van der Waals surface area contributed by atoms with E-state index in [-0.39, 0.29) is 17.2 Å². The number of hydrogen-bond acceptors (Lipinski definition) is 5. The van der Waals surface area contributed by atoms with Crippen molar-refractivity contribution in [3.05, 3.63) is 69.8 Å². The molecule has 2 aromatic carbocycles. The number of non-ortho nitro benzene ring substituents is 1. The van der Waals surface area contributed by atoms with E-state index in [4.69, 9.17) is 0 Å². The number of likely N-dealkylation sites (tertiary alicyclic amines) is 1. The lowest BCUT2D eigenvalue weighted by Gasteiger charge is -2.26. The number of nitrogens with zero attached hydrogens (tertiary/aromatic N) is 2. The van der Waals surface area contributed by atoms with Gasteiger partial charge in [-0.05, 0) is 63.2 Å². The summed E-state index contributed by atoms with van der Waals surface area (Å²) in [6.07, 6.45) is 4.67.